The molecule has 33 heavy (non-hydrogen) atoms. The van der Waals surface area contributed by atoms with Gasteiger partial charge in [0.15, 0.2) is 0 Å². The SMILES string of the molecule is O=c1c2cc(NCCO)c(S(=O)(=O)c3ccccc3)cc2cnn1Cc1ccn(C2CC2)n1. The number of hydrogen-bond acceptors (Lipinski definition) is 7. The summed E-state index contributed by atoms with van der Waals surface area (Å²) in [6.07, 6.45) is 5.64. The van der Waals surface area contributed by atoms with Gasteiger partial charge in [-0.25, -0.2) is 13.1 Å². The zero-order valence-corrected chi connectivity index (χ0v) is 18.6. The van der Waals surface area contributed by atoms with Crippen molar-refractivity contribution in [1.82, 2.24) is 19.6 Å². The lowest BCUT2D eigenvalue weighted by atomic mass is 10.1. The third-order valence-corrected chi connectivity index (χ3v) is 7.43. The van der Waals surface area contributed by atoms with Crippen LogP contribution in [0.2, 0.25) is 0 Å². The Bertz CT molecular complexity index is 1470. The summed E-state index contributed by atoms with van der Waals surface area (Å²) in [5.74, 6) is 0. The monoisotopic (exact) mass is 465 g/mol. The summed E-state index contributed by atoms with van der Waals surface area (Å²) in [6, 6.07) is 13.4. The molecular formula is C23H23N5O4S. The summed E-state index contributed by atoms with van der Waals surface area (Å²) < 4.78 is 29.8. The molecule has 9 nitrogen and oxygen atoms in total. The van der Waals surface area contributed by atoms with Crippen LogP contribution in [0.5, 0.6) is 0 Å². The normalized spacial score (nSPS) is 14.0. The second kappa shape index (κ2) is 8.45. The van der Waals surface area contributed by atoms with Crippen LogP contribution < -0.4 is 10.9 Å². The quantitative estimate of drug-likeness (QED) is 0.409. The van der Waals surface area contributed by atoms with E-state index in [0.717, 1.165) is 18.5 Å². The second-order valence-electron chi connectivity index (χ2n) is 8.03. The Kier molecular flexibility index (Phi) is 5.47. The highest BCUT2D eigenvalue weighted by Gasteiger charge is 2.25. The molecule has 2 aromatic heterocycles. The zero-order chi connectivity index (χ0) is 23.0. The predicted octanol–water partition coefficient (Wildman–Crippen LogP) is 2.21. The van der Waals surface area contributed by atoms with Gasteiger partial charge in [0, 0.05) is 18.1 Å². The van der Waals surface area contributed by atoms with Gasteiger partial charge >= 0.3 is 0 Å². The molecule has 1 aliphatic rings. The van der Waals surface area contributed by atoms with E-state index in [9.17, 15) is 18.3 Å². The zero-order valence-electron chi connectivity index (χ0n) is 17.8. The van der Waals surface area contributed by atoms with E-state index in [0.29, 0.717) is 16.8 Å². The number of nitrogens with one attached hydrogen (secondary N) is 1. The maximum Gasteiger partial charge on any atom is 0.275 e. The minimum absolute atomic E-state index is 0.0248. The van der Waals surface area contributed by atoms with E-state index in [2.05, 4.69) is 15.5 Å². The molecule has 4 aromatic rings. The van der Waals surface area contributed by atoms with Gasteiger partial charge in [0.2, 0.25) is 9.84 Å². The Morgan fingerprint density at radius 1 is 1.12 bits per heavy atom. The van der Waals surface area contributed by atoms with Gasteiger partial charge < -0.3 is 10.4 Å². The summed E-state index contributed by atoms with van der Waals surface area (Å²) >= 11 is 0. The minimum atomic E-state index is -3.86. The van der Waals surface area contributed by atoms with Gasteiger partial charge in [0.05, 0.1) is 51.9 Å². The van der Waals surface area contributed by atoms with Crippen LogP contribution >= 0.6 is 0 Å². The summed E-state index contributed by atoms with van der Waals surface area (Å²) in [4.78, 5) is 13.3. The molecular weight excluding hydrogens is 442 g/mol. The van der Waals surface area contributed by atoms with E-state index in [1.54, 1.807) is 18.2 Å². The first-order valence-corrected chi connectivity index (χ1v) is 12.2. The topological polar surface area (TPSA) is 119 Å². The van der Waals surface area contributed by atoms with Gasteiger partial charge in [-0.3, -0.25) is 9.48 Å². The molecule has 0 amide bonds. The molecule has 1 aliphatic carbocycles. The number of benzene rings is 2. The van der Waals surface area contributed by atoms with Gasteiger partial charge in [-0.1, -0.05) is 18.2 Å². The Hall–Kier alpha value is -3.50. The standard InChI is InChI=1S/C23H23N5O4S/c29-11-9-24-21-13-20-16(12-22(21)33(31,32)19-4-2-1-3-5-19)14-25-28(23(20)30)15-17-8-10-27(26-17)18-6-7-18/h1-5,8,10,12-14,18,24,29H,6-7,9,11,15H2. The summed E-state index contributed by atoms with van der Waals surface area (Å²) in [5.41, 5.74) is 0.648. The van der Waals surface area contributed by atoms with Crippen LogP contribution in [0.4, 0.5) is 5.69 Å². The fourth-order valence-corrected chi connectivity index (χ4v) is 5.23. The second-order valence-corrected chi connectivity index (χ2v) is 9.95. The highest BCUT2D eigenvalue weighted by molar-refractivity contribution is 7.91. The molecule has 0 radical (unpaired) electrons. The van der Waals surface area contributed by atoms with Crippen molar-refractivity contribution in [2.24, 2.45) is 0 Å². The van der Waals surface area contributed by atoms with E-state index in [4.69, 9.17) is 0 Å². The van der Waals surface area contributed by atoms with Crippen molar-refractivity contribution in [3.05, 3.63) is 77.0 Å². The van der Waals surface area contributed by atoms with E-state index in [-0.39, 0.29) is 40.7 Å². The van der Waals surface area contributed by atoms with Crippen molar-refractivity contribution in [3.8, 4) is 0 Å². The highest BCUT2D eigenvalue weighted by Crippen LogP contribution is 2.34. The van der Waals surface area contributed by atoms with Crippen molar-refractivity contribution in [2.45, 2.75) is 35.2 Å². The predicted molar refractivity (Wildman–Crippen MR) is 123 cm³/mol. The molecule has 0 atom stereocenters. The van der Waals surface area contributed by atoms with Crippen LogP contribution in [-0.4, -0.2) is 46.2 Å². The van der Waals surface area contributed by atoms with Crippen LogP contribution in [-0.2, 0) is 16.4 Å². The lowest BCUT2D eigenvalue weighted by molar-refractivity contribution is 0.311. The third-order valence-electron chi connectivity index (χ3n) is 5.62. The summed E-state index contributed by atoms with van der Waals surface area (Å²) in [6.45, 7) is 0.172. The molecule has 2 aromatic carbocycles. The molecule has 1 saturated carbocycles. The molecule has 5 rings (SSSR count). The van der Waals surface area contributed by atoms with Crippen LogP contribution in [0, 0.1) is 0 Å². The van der Waals surface area contributed by atoms with Crippen molar-refractivity contribution >= 4 is 26.3 Å². The fourth-order valence-electron chi connectivity index (χ4n) is 3.76. The Balaban J connectivity index is 1.58. The molecule has 170 valence electrons. The van der Waals surface area contributed by atoms with Crippen LogP contribution in [0.1, 0.15) is 24.6 Å². The summed E-state index contributed by atoms with van der Waals surface area (Å²) in [5, 5.41) is 21.7. The summed E-state index contributed by atoms with van der Waals surface area (Å²) in [7, 11) is -3.86. The van der Waals surface area contributed by atoms with Gasteiger partial charge in [0.25, 0.3) is 5.56 Å². The minimum Gasteiger partial charge on any atom is -0.395 e. The lowest BCUT2D eigenvalue weighted by Gasteiger charge is -2.14. The average molecular weight is 466 g/mol. The molecule has 0 saturated heterocycles. The van der Waals surface area contributed by atoms with Gasteiger partial charge in [-0.15, -0.1) is 0 Å². The molecule has 0 bridgehead atoms. The molecule has 0 unspecified atom stereocenters. The van der Waals surface area contributed by atoms with Gasteiger partial charge in [0.1, 0.15) is 0 Å². The average Bonchev–Trinajstić information content (AvgIpc) is 3.58. The number of nitrogens with zero attached hydrogens (tertiary/aromatic N) is 4. The largest absolute Gasteiger partial charge is 0.395 e. The Morgan fingerprint density at radius 3 is 2.64 bits per heavy atom. The number of anilines is 1. The number of hydrogen-bond donors (Lipinski definition) is 2. The number of rotatable bonds is 8. The first-order chi connectivity index (χ1) is 16.0. The van der Waals surface area contributed by atoms with Crippen molar-refractivity contribution in [2.75, 3.05) is 18.5 Å². The lowest BCUT2D eigenvalue weighted by Crippen LogP contribution is -2.24. The Labute approximate surface area is 190 Å². The van der Waals surface area contributed by atoms with Crippen LogP contribution in [0.25, 0.3) is 10.8 Å². The molecule has 0 spiro atoms. The van der Waals surface area contributed by atoms with Crippen LogP contribution in [0.15, 0.2) is 75.5 Å². The number of aliphatic hydroxyl groups excluding tert-OH is 1. The van der Waals surface area contributed by atoms with E-state index < -0.39 is 9.84 Å². The highest BCUT2D eigenvalue weighted by atomic mass is 32.2. The third kappa shape index (κ3) is 4.14. The van der Waals surface area contributed by atoms with E-state index in [1.165, 1.54) is 35.1 Å². The number of fused-ring (bicyclic) bond motifs is 1. The Morgan fingerprint density at radius 2 is 1.91 bits per heavy atom. The van der Waals surface area contributed by atoms with Crippen LogP contribution in [0.3, 0.4) is 0 Å². The maximum atomic E-state index is 13.3. The first kappa shape index (κ1) is 21.4. The number of aromatic nitrogens is 4. The maximum absolute atomic E-state index is 13.3. The number of aliphatic hydroxyl groups is 1. The molecule has 2 N–H and O–H groups in total. The van der Waals surface area contributed by atoms with Crippen molar-refractivity contribution in [1.29, 1.82) is 0 Å². The molecule has 0 aliphatic heterocycles. The van der Waals surface area contributed by atoms with Crippen molar-refractivity contribution < 1.29 is 13.5 Å². The molecule has 10 heteroatoms. The van der Waals surface area contributed by atoms with Gasteiger partial charge in [-0.2, -0.15) is 10.2 Å². The van der Waals surface area contributed by atoms with E-state index >= 15 is 0 Å². The first-order valence-electron chi connectivity index (χ1n) is 10.7. The fraction of sp³-hybridized carbons (Fsp3) is 0.261. The smallest absolute Gasteiger partial charge is 0.275 e. The molecule has 2 heterocycles. The molecule has 1 fully saturated rings. The van der Waals surface area contributed by atoms with E-state index in [1.807, 2.05) is 16.9 Å². The van der Waals surface area contributed by atoms with Crippen molar-refractivity contribution in [3.63, 3.8) is 0 Å². The van der Waals surface area contributed by atoms with Gasteiger partial charge in [-0.05, 0) is 43.2 Å². The number of sulfone groups is 1.